The molecule has 2 aromatic rings. The molecule has 0 unspecified atom stereocenters. The van der Waals surface area contributed by atoms with Crippen LogP contribution in [0.2, 0.25) is 0 Å². The third kappa shape index (κ3) is 2.34. The predicted molar refractivity (Wildman–Crippen MR) is 64.4 cm³/mol. The molecule has 0 aliphatic rings. The van der Waals surface area contributed by atoms with Crippen LogP contribution in [0.15, 0.2) is 41.8 Å². The molecule has 2 rings (SSSR count). The number of rotatable bonds is 2. The van der Waals surface area contributed by atoms with E-state index in [1.807, 2.05) is 47.9 Å². The van der Waals surface area contributed by atoms with Crippen molar-refractivity contribution in [3.8, 4) is 6.07 Å². The summed E-state index contributed by atoms with van der Waals surface area (Å²) in [6, 6.07) is 13.8. The van der Waals surface area contributed by atoms with E-state index in [1.54, 1.807) is 11.3 Å². The van der Waals surface area contributed by atoms with Crippen molar-refractivity contribution in [3.05, 3.63) is 57.8 Å². The minimum Gasteiger partial charge on any atom is -0.192 e. The summed E-state index contributed by atoms with van der Waals surface area (Å²) in [6.07, 6.45) is 4.01. The van der Waals surface area contributed by atoms with Crippen LogP contribution in [0.3, 0.4) is 0 Å². The largest absolute Gasteiger partial charge is 0.192 e. The highest BCUT2D eigenvalue weighted by Gasteiger charge is 1.95. The Hall–Kier alpha value is -1.85. The molecule has 0 aliphatic heterocycles. The Bertz CT molecular complexity index is 504. The standard InChI is InChI=1S/C13H9NS/c14-10-12-5-2-1-4-11(12)7-8-13-6-3-9-15-13/h1-9H. The molecule has 0 radical (unpaired) electrons. The molecular formula is C13H9NS. The molecule has 0 N–H and O–H groups in total. The van der Waals surface area contributed by atoms with E-state index in [2.05, 4.69) is 12.1 Å². The fraction of sp³-hybridized carbons (Fsp3) is 0. The van der Waals surface area contributed by atoms with Crippen molar-refractivity contribution in [1.29, 1.82) is 5.26 Å². The highest BCUT2D eigenvalue weighted by Crippen LogP contribution is 2.15. The summed E-state index contributed by atoms with van der Waals surface area (Å²) in [5.74, 6) is 0. The van der Waals surface area contributed by atoms with Crippen LogP contribution in [0.1, 0.15) is 16.0 Å². The van der Waals surface area contributed by atoms with Gasteiger partial charge in [-0.1, -0.05) is 30.3 Å². The van der Waals surface area contributed by atoms with Crippen molar-refractivity contribution in [2.24, 2.45) is 0 Å². The first-order valence-corrected chi connectivity index (χ1v) is 5.49. The summed E-state index contributed by atoms with van der Waals surface area (Å²) in [5, 5.41) is 10.9. The van der Waals surface area contributed by atoms with Crippen LogP contribution in [0.4, 0.5) is 0 Å². The molecule has 2 heteroatoms. The van der Waals surface area contributed by atoms with Crippen molar-refractivity contribution in [2.75, 3.05) is 0 Å². The maximum atomic E-state index is 8.89. The van der Waals surface area contributed by atoms with E-state index in [4.69, 9.17) is 5.26 Å². The van der Waals surface area contributed by atoms with Crippen molar-refractivity contribution >= 4 is 23.5 Å². The van der Waals surface area contributed by atoms with Gasteiger partial charge in [-0.3, -0.25) is 0 Å². The maximum Gasteiger partial charge on any atom is 0.0997 e. The number of nitriles is 1. The fourth-order valence-electron chi connectivity index (χ4n) is 1.30. The highest BCUT2D eigenvalue weighted by atomic mass is 32.1. The summed E-state index contributed by atoms with van der Waals surface area (Å²) in [6.45, 7) is 0. The van der Waals surface area contributed by atoms with Gasteiger partial charge in [0.25, 0.3) is 0 Å². The summed E-state index contributed by atoms with van der Waals surface area (Å²) < 4.78 is 0. The van der Waals surface area contributed by atoms with Gasteiger partial charge in [0.1, 0.15) is 0 Å². The first-order chi connectivity index (χ1) is 7.40. The Balaban J connectivity index is 2.29. The van der Waals surface area contributed by atoms with Gasteiger partial charge in [0.15, 0.2) is 0 Å². The lowest BCUT2D eigenvalue weighted by molar-refractivity contribution is 1.47. The maximum absolute atomic E-state index is 8.89. The topological polar surface area (TPSA) is 23.8 Å². The molecule has 1 aromatic carbocycles. The Kier molecular flexibility index (Phi) is 2.96. The van der Waals surface area contributed by atoms with Crippen LogP contribution in [-0.2, 0) is 0 Å². The molecular weight excluding hydrogens is 202 g/mol. The normalized spacial score (nSPS) is 10.3. The second kappa shape index (κ2) is 4.59. The number of hydrogen-bond donors (Lipinski definition) is 0. The van der Waals surface area contributed by atoms with Gasteiger partial charge >= 0.3 is 0 Å². The second-order valence-corrected chi connectivity index (χ2v) is 4.03. The van der Waals surface area contributed by atoms with E-state index in [9.17, 15) is 0 Å². The molecule has 0 aliphatic carbocycles. The first kappa shape index (κ1) is 9.70. The molecule has 0 fully saturated rings. The molecule has 1 nitrogen and oxygen atoms in total. The minimum absolute atomic E-state index is 0.713. The summed E-state index contributed by atoms with van der Waals surface area (Å²) in [7, 11) is 0. The van der Waals surface area contributed by atoms with Gasteiger partial charge in [-0.05, 0) is 29.2 Å². The molecule has 0 atom stereocenters. The van der Waals surface area contributed by atoms with Crippen LogP contribution < -0.4 is 0 Å². The lowest BCUT2D eigenvalue weighted by Gasteiger charge is -1.95. The van der Waals surface area contributed by atoms with Gasteiger partial charge in [0.05, 0.1) is 11.6 Å². The average molecular weight is 211 g/mol. The van der Waals surface area contributed by atoms with Crippen LogP contribution in [0, 0.1) is 11.3 Å². The smallest absolute Gasteiger partial charge is 0.0997 e. The van der Waals surface area contributed by atoms with Crippen LogP contribution in [-0.4, -0.2) is 0 Å². The number of hydrogen-bond acceptors (Lipinski definition) is 2. The molecule has 15 heavy (non-hydrogen) atoms. The Morgan fingerprint density at radius 2 is 1.93 bits per heavy atom. The van der Waals surface area contributed by atoms with E-state index in [0.717, 1.165) is 5.56 Å². The molecule has 0 amide bonds. The van der Waals surface area contributed by atoms with E-state index in [-0.39, 0.29) is 0 Å². The Morgan fingerprint density at radius 1 is 1.07 bits per heavy atom. The minimum atomic E-state index is 0.713. The fourth-order valence-corrected chi connectivity index (χ4v) is 1.92. The molecule has 0 saturated carbocycles. The van der Waals surface area contributed by atoms with Crippen molar-refractivity contribution in [1.82, 2.24) is 0 Å². The quantitative estimate of drug-likeness (QED) is 0.741. The molecule has 1 heterocycles. The molecule has 72 valence electrons. The van der Waals surface area contributed by atoms with Gasteiger partial charge in [0.2, 0.25) is 0 Å². The van der Waals surface area contributed by atoms with Gasteiger partial charge in [-0.2, -0.15) is 5.26 Å². The zero-order valence-electron chi connectivity index (χ0n) is 8.05. The van der Waals surface area contributed by atoms with Crippen LogP contribution in [0.5, 0.6) is 0 Å². The van der Waals surface area contributed by atoms with E-state index < -0.39 is 0 Å². The van der Waals surface area contributed by atoms with E-state index in [0.29, 0.717) is 5.56 Å². The van der Waals surface area contributed by atoms with E-state index >= 15 is 0 Å². The van der Waals surface area contributed by atoms with Gasteiger partial charge in [-0.15, -0.1) is 11.3 Å². The number of thiophene rings is 1. The summed E-state index contributed by atoms with van der Waals surface area (Å²) in [4.78, 5) is 1.20. The monoisotopic (exact) mass is 211 g/mol. The lowest BCUT2D eigenvalue weighted by Crippen LogP contribution is -1.79. The Labute approximate surface area is 92.9 Å². The van der Waals surface area contributed by atoms with Gasteiger partial charge in [0, 0.05) is 4.88 Å². The van der Waals surface area contributed by atoms with Crippen LogP contribution in [0.25, 0.3) is 12.2 Å². The number of benzene rings is 1. The third-order valence-electron chi connectivity index (χ3n) is 2.05. The van der Waals surface area contributed by atoms with Gasteiger partial charge < -0.3 is 0 Å². The molecule has 0 saturated heterocycles. The predicted octanol–water partition coefficient (Wildman–Crippen LogP) is 3.79. The zero-order chi connectivity index (χ0) is 10.5. The molecule has 0 spiro atoms. The summed E-state index contributed by atoms with van der Waals surface area (Å²) in [5.41, 5.74) is 1.68. The SMILES string of the molecule is N#Cc1ccccc1C=Cc1cccs1. The first-order valence-electron chi connectivity index (χ1n) is 4.61. The average Bonchev–Trinajstić information content (AvgIpc) is 2.79. The Morgan fingerprint density at radius 3 is 2.67 bits per heavy atom. The molecule has 0 bridgehead atoms. The van der Waals surface area contributed by atoms with Crippen molar-refractivity contribution in [3.63, 3.8) is 0 Å². The van der Waals surface area contributed by atoms with Crippen LogP contribution >= 0.6 is 11.3 Å². The van der Waals surface area contributed by atoms with Crippen molar-refractivity contribution in [2.45, 2.75) is 0 Å². The molecule has 1 aromatic heterocycles. The van der Waals surface area contributed by atoms with Crippen molar-refractivity contribution < 1.29 is 0 Å². The van der Waals surface area contributed by atoms with Gasteiger partial charge in [-0.25, -0.2) is 0 Å². The highest BCUT2D eigenvalue weighted by molar-refractivity contribution is 7.10. The summed E-state index contributed by atoms with van der Waals surface area (Å²) >= 11 is 1.69. The second-order valence-electron chi connectivity index (χ2n) is 3.05. The number of nitrogens with zero attached hydrogens (tertiary/aromatic N) is 1. The van der Waals surface area contributed by atoms with E-state index in [1.165, 1.54) is 4.88 Å². The zero-order valence-corrected chi connectivity index (χ0v) is 8.87. The third-order valence-corrected chi connectivity index (χ3v) is 2.89. The lowest BCUT2D eigenvalue weighted by atomic mass is 10.1.